The van der Waals surface area contributed by atoms with Crippen LogP contribution in [0, 0.1) is 5.92 Å². The smallest absolute Gasteiger partial charge is 0.251 e. The van der Waals surface area contributed by atoms with E-state index in [9.17, 15) is 9.90 Å². The number of carbonyl (C=O) groups is 1. The van der Waals surface area contributed by atoms with Crippen molar-refractivity contribution in [3.8, 4) is 5.75 Å². The first kappa shape index (κ1) is 16.4. The molecule has 0 bridgehead atoms. The van der Waals surface area contributed by atoms with Crippen molar-refractivity contribution in [2.45, 2.75) is 31.7 Å². The molecule has 2 N–H and O–H groups in total. The van der Waals surface area contributed by atoms with Gasteiger partial charge in [-0.1, -0.05) is 36.0 Å². The van der Waals surface area contributed by atoms with Crippen LogP contribution in [0.2, 0.25) is 10.0 Å². The molecule has 0 saturated heterocycles. The fourth-order valence-corrected chi connectivity index (χ4v) is 3.40. The van der Waals surface area contributed by atoms with Gasteiger partial charge in [0.2, 0.25) is 0 Å². The molecule has 1 fully saturated rings. The maximum atomic E-state index is 12.3. The predicted octanol–water partition coefficient (Wildman–Crippen LogP) is 3.28. The molecule has 0 heterocycles. The molecule has 2 rings (SSSR count). The van der Waals surface area contributed by atoms with E-state index in [0.29, 0.717) is 21.4 Å². The van der Waals surface area contributed by atoms with Crippen LogP contribution in [0.4, 0.5) is 0 Å². The Morgan fingerprint density at radius 2 is 1.95 bits per heavy atom. The van der Waals surface area contributed by atoms with Gasteiger partial charge in [-0.2, -0.15) is 0 Å². The summed E-state index contributed by atoms with van der Waals surface area (Å²) in [5.41, 5.74) is 0.396. The Kier molecular flexibility index (Phi) is 5.73. The van der Waals surface area contributed by atoms with Crippen molar-refractivity contribution in [1.29, 1.82) is 0 Å². The number of halogens is 2. The van der Waals surface area contributed by atoms with Crippen molar-refractivity contribution in [2.75, 3.05) is 13.7 Å². The average Bonchev–Trinajstić information content (AvgIpc) is 2.47. The lowest BCUT2D eigenvalue weighted by atomic mass is 9.85. The summed E-state index contributed by atoms with van der Waals surface area (Å²) >= 11 is 12.1. The molecule has 0 aromatic heterocycles. The first-order valence-corrected chi connectivity index (χ1v) is 7.77. The van der Waals surface area contributed by atoms with E-state index in [1.807, 2.05) is 0 Å². The molecule has 6 heteroatoms. The summed E-state index contributed by atoms with van der Waals surface area (Å²) in [7, 11) is 1.47. The zero-order chi connectivity index (χ0) is 15.4. The van der Waals surface area contributed by atoms with Gasteiger partial charge in [0.1, 0.15) is 0 Å². The maximum Gasteiger partial charge on any atom is 0.251 e. The van der Waals surface area contributed by atoms with Gasteiger partial charge in [0.05, 0.1) is 17.2 Å². The van der Waals surface area contributed by atoms with E-state index >= 15 is 0 Å². The highest BCUT2D eigenvalue weighted by Gasteiger charge is 2.26. The Labute approximate surface area is 134 Å². The van der Waals surface area contributed by atoms with E-state index in [0.717, 1.165) is 25.7 Å². The zero-order valence-electron chi connectivity index (χ0n) is 11.9. The quantitative estimate of drug-likeness (QED) is 0.890. The summed E-state index contributed by atoms with van der Waals surface area (Å²) in [6.07, 6.45) is 3.98. The number of aliphatic hydroxyl groups excluding tert-OH is 1. The number of benzene rings is 1. The Morgan fingerprint density at radius 3 is 2.52 bits per heavy atom. The number of carbonyl (C=O) groups excluding carboxylic acids is 1. The summed E-state index contributed by atoms with van der Waals surface area (Å²) in [5, 5.41) is 13.0. The molecule has 1 aromatic rings. The van der Waals surface area contributed by atoms with Crippen LogP contribution in [-0.2, 0) is 0 Å². The van der Waals surface area contributed by atoms with E-state index < -0.39 is 0 Å². The second kappa shape index (κ2) is 7.34. The van der Waals surface area contributed by atoms with Gasteiger partial charge in [-0.05, 0) is 25.0 Å². The number of hydrogen-bond donors (Lipinski definition) is 2. The fourth-order valence-electron chi connectivity index (χ4n) is 2.75. The normalized spacial score (nSPS) is 21.9. The summed E-state index contributed by atoms with van der Waals surface area (Å²) < 4.78 is 5.07. The lowest BCUT2D eigenvalue weighted by Crippen LogP contribution is -2.43. The molecular formula is C15H19Cl2NO3. The molecule has 1 amide bonds. The largest absolute Gasteiger partial charge is 0.494 e. The third-order valence-corrected chi connectivity index (χ3v) is 4.49. The van der Waals surface area contributed by atoms with Gasteiger partial charge in [0.15, 0.2) is 5.75 Å². The van der Waals surface area contributed by atoms with E-state index in [2.05, 4.69) is 5.32 Å². The standard InChI is InChI=1S/C15H19Cl2NO3/c1-21-14-11(16)6-10(7-12(14)17)15(20)18-13-5-3-2-4-9(13)8-19/h6-7,9,13,19H,2-5,8H2,1H3,(H,18,20). The summed E-state index contributed by atoms with van der Waals surface area (Å²) in [5.74, 6) is 0.250. The number of rotatable bonds is 4. The predicted molar refractivity (Wildman–Crippen MR) is 83.3 cm³/mol. The van der Waals surface area contributed by atoms with Gasteiger partial charge < -0.3 is 15.2 Å². The fraction of sp³-hybridized carbons (Fsp3) is 0.533. The van der Waals surface area contributed by atoms with Crippen LogP contribution in [-0.4, -0.2) is 30.8 Å². The zero-order valence-corrected chi connectivity index (χ0v) is 13.4. The minimum atomic E-state index is -0.230. The topological polar surface area (TPSA) is 58.6 Å². The monoisotopic (exact) mass is 331 g/mol. The molecule has 0 aliphatic heterocycles. The first-order valence-electron chi connectivity index (χ1n) is 7.01. The van der Waals surface area contributed by atoms with Gasteiger partial charge in [-0.3, -0.25) is 4.79 Å². The van der Waals surface area contributed by atoms with Gasteiger partial charge in [-0.15, -0.1) is 0 Å². The maximum absolute atomic E-state index is 12.3. The SMILES string of the molecule is COc1c(Cl)cc(C(=O)NC2CCCCC2CO)cc1Cl. The molecule has 21 heavy (non-hydrogen) atoms. The van der Waals surface area contributed by atoms with Gasteiger partial charge in [-0.25, -0.2) is 0 Å². The number of methoxy groups -OCH3 is 1. The Bertz CT molecular complexity index is 499. The highest BCUT2D eigenvalue weighted by Crippen LogP contribution is 2.34. The van der Waals surface area contributed by atoms with Crippen LogP contribution in [0.15, 0.2) is 12.1 Å². The second-order valence-corrected chi connectivity index (χ2v) is 6.09. The van der Waals surface area contributed by atoms with E-state index in [-0.39, 0.29) is 24.5 Å². The molecule has 2 atom stereocenters. The molecule has 4 nitrogen and oxygen atoms in total. The molecule has 1 saturated carbocycles. The highest BCUT2D eigenvalue weighted by molar-refractivity contribution is 6.37. The van der Waals surface area contributed by atoms with E-state index in [4.69, 9.17) is 27.9 Å². The third-order valence-electron chi connectivity index (χ3n) is 3.92. The Hall–Kier alpha value is -0.970. The van der Waals surface area contributed by atoms with Gasteiger partial charge in [0.25, 0.3) is 5.91 Å². The molecule has 0 spiro atoms. The van der Waals surface area contributed by atoms with Crippen LogP contribution < -0.4 is 10.1 Å². The Morgan fingerprint density at radius 1 is 1.33 bits per heavy atom. The summed E-state index contributed by atoms with van der Waals surface area (Å²) in [6, 6.07) is 3.08. The van der Waals surface area contributed by atoms with Gasteiger partial charge in [0, 0.05) is 24.1 Å². The van der Waals surface area contributed by atoms with Crippen LogP contribution >= 0.6 is 23.2 Å². The lowest BCUT2D eigenvalue weighted by Gasteiger charge is -2.30. The number of ether oxygens (including phenoxy) is 1. The Balaban J connectivity index is 2.13. The molecule has 1 aliphatic carbocycles. The van der Waals surface area contributed by atoms with Crippen molar-refractivity contribution in [1.82, 2.24) is 5.32 Å². The first-order chi connectivity index (χ1) is 10.1. The number of aliphatic hydroxyl groups is 1. The van der Waals surface area contributed by atoms with Crippen LogP contribution in [0.25, 0.3) is 0 Å². The van der Waals surface area contributed by atoms with E-state index in [1.54, 1.807) is 12.1 Å². The van der Waals surface area contributed by atoms with Crippen molar-refractivity contribution in [3.63, 3.8) is 0 Å². The molecule has 1 aromatic carbocycles. The van der Waals surface area contributed by atoms with Crippen LogP contribution in [0.5, 0.6) is 5.75 Å². The molecular weight excluding hydrogens is 313 g/mol. The number of nitrogens with one attached hydrogen (secondary N) is 1. The van der Waals surface area contributed by atoms with Crippen LogP contribution in [0.1, 0.15) is 36.0 Å². The third kappa shape index (κ3) is 3.82. The van der Waals surface area contributed by atoms with Crippen molar-refractivity contribution >= 4 is 29.1 Å². The summed E-state index contributed by atoms with van der Waals surface area (Å²) in [4.78, 5) is 12.3. The van der Waals surface area contributed by atoms with Crippen molar-refractivity contribution in [3.05, 3.63) is 27.7 Å². The van der Waals surface area contributed by atoms with Crippen molar-refractivity contribution < 1.29 is 14.6 Å². The van der Waals surface area contributed by atoms with Gasteiger partial charge >= 0.3 is 0 Å². The minimum Gasteiger partial charge on any atom is -0.494 e. The second-order valence-electron chi connectivity index (χ2n) is 5.28. The minimum absolute atomic E-state index is 0.00379. The highest BCUT2D eigenvalue weighted by atomic mass is 35.5. The number of amides is 1. The number of hydrogen-bond acceptors (Lipinski definition) is 3. The summed E-state index contributed by atoms with van der Waals surface area (Å²) in [6.45, 7) is 0.0923. The molecule has 116 valence electrons. The van der Waals surface area contributed by atoms with Crippen LogP contribution in [0.3, 0.4) is 0 Å². The van der Waals surface area contributed by atoms with E-state index in [1.165, 1.54) is 7.11 Å². The average molecular weight is 332 g/mol. The lowest BCUT2D eigenvalue weighted by molar-refractivity contribution is 0.0872. The molecule has 2 unspecified atom stereocenters. The molecule has 1 aliphatic rings. The molecule has 0 radical (unpaired) electrons. The van der Waals surface area contributed by atoms with Crippen molar-refractivity contribution in [2.24, 2.45) is 5.92 Å².